The fourth-order valence-electron chi connectivity index (χ4n) is 1.82. The topological polar surface area (TPSA) is 52.9 Å². The van der Waals surface area contributed by atoms with Gasteiger partial charge in [-0.25, -0.2) is 0 Å². The Morgan fingerprint density at radius 1 is 1.39 bits per heavy atom. The molecule has 0 atom stereocenters. The number of carbonyl (C=O) groups is 1. The van der Waals surface area contributed by atoms with Crippen LogP contribution in [0.4, 0.5) is 0 Å². The molecule has 92 valence electrons. The van der Waals surface area contributed by atoms with Crippen LogP contribution in [0.25, 0.3) is 10.1 Å². The van der Waals surface area contributed by atoms with E-state index in [0.29, 0.717) is 13.0 Å². The molecular formula is C14H14N2OS. The summed E-state index contributed by atoms with van der Waals surface area (Å²) in [4.78, 5) is 11.3. The zero-order chi connectivity index (χ0) is 12.8. The van der Waals surface area contributed by atoms with Crippen LogP contribution in [0.15, 0.2) is 29.6 Å². The van der Waals surface area contributed by atoms with Crippen molar-refractivity contribution in [1.29, 1.82) is 5.26 Å². The minimum absolute atomic E-state index is 0.0453. The van der Waals surface area contributed by atoms with E-state index in [-0.39, 0.29) is 12.3 Å². The van der Waals surface area contributed by atoms with Gasteiger partial charge in [0.05, 0.1) is 6.07 Å². The van der Waals surface area contributed by atoms with Gasteiger partial charge in [0.1, 0.15) is 0 Å². The fourth-order valence-corrected chi connectivity index (χ4v) is 2.82. The summed E-state index contributed by atoms with van der Waals surface area (Å²) in [7, 11) is 0. The number of carbonyl (C=O) groups excluding carboxylic acids is 1. The molecule has 3 nitrogen and oxygen atoms in total. The van der Waals surface area contributed by atoms with Gasteiger partial charge in [-0.15, -0.1) is 11.3 Å². The first-order valence-electron chi connectivity index (χ1n) is 5.90. The highest BCUT2D eigenvalue weighted by Crippen LogP contribution is 2.25. The normalized spacial score (nSPS) is 10.2. The average Bonchev–Trinajstić information content (AvgIpc) is 2.80. The van der Waals surface area contributed by atoms with Gasteiger partial charge in [-0.2, -0.15) is 5.26 Å². The van der Waals surface area contributed by atoms with Crippen LogP contribution in [0.1, 0.15) is 18.4 Å². The second-order valence-electron chi connectivity index (χ2n) is 4.02. The smallest absolute Gasteiger partial charge is 0.221 e. The zero-order valence-electron chi connectivity index (χ0n) is 9.98. The number of nitrogens with one attached hydrogen (secondary N) is 1. The highest BCUT2D eigenvalue weighted by atomic mass is 32.1. The van der Waals surface area contributed by atoms with Crippen LogP contribution in [0, 0.1) is 11.3 Å². The molecule has 2 aromatic rings. The van der Waals surface area contributed by atoms with Crippen LogP contribution < -0.4 is 5.32 Å². The van der Waals surface area contributed by atoms with E-state index in [1.165, 1.54) is 15.6 Å². The minimum Gasteiger partial charge on any atom is -0.356 e. The number of nitrogens with zero attached hydrogens (tertiary/aromatic N) is 1. The van der Waals surface area contributed by atoms with Crippen LogP contribution in [0.2, 0.25) is 0 Å². The van der Waals surface area contributed by atoms with Gasteiger partial charge in [-0.3, -0.25) is 4.79 Å². The molecule has 0 spiro atoms. The third-order valence-corrected chi connectivity index (χ3v) is 3.75. The summed E-state index contributed by atoms with van der Waals surface area (Å²) < 4.78 is 1.28. The number of nitriles is 1. The zero-order valence-corrected chi connectivity index (χ0v) is 10.8. The molecule has 0 fully saturated rings. The van der Waals surface area contributed by atoms with E-state index < -0.39 is 0 Å². The molecule has 4 heteroatoms. The largest absolute Gasteiger partial charge is 0.356 e. The van der Waals surface area contributed by atoms with Gasteiger partial charge < -0.3 is 5.32 Å². The molecule has 1 aromatic carbocycles. The lowest BCUT2D eigenvalue weighted by Gasteiger charge is -2.03. The lowest BCUT2D eigenvalue weighted by Crippen LogP contribution is -2.25. The first kappa shape index (κ1) is 12.6. The molecule has 1 N–H and O–H groups in total. The summed E-state index contributed by atoms with van der Waals surface area (Å²) in [6.07, 6.45) is 1.41. The maximum absolute atomic E-state index is 11.3. The standard InChI is InChI=1S/C14H14N2OS/c15-8-3-6-14(17)16-9-7-11-10-18-13-5-2-1-4-12(11)13/h1-2,4-5,10H,3,6-7,9H2,(H,16,17). The number of thiophene rings is 1. The molecule has 0 saturated heterocycles. The van der Waals surface area contributed by atoms with E-state index in [2.05, 4.69) is 22.8 Å². The van der Waals surface area contributed by atoms with E-state index in [0.717, 1.165) is 6.42 Å². The van der Waals surface area contributed by atoms with Gasteiger partial charge in [0, 0.05) is 24.1 Å². The van der Waals surface area contributed by atoms with Crippen molar-refractivity contribution in [3.05, 3.63) is 35.2 Å². The molecule has 1 amide bonds. The third-order valence-electron chi connectivity index (χ3n) is 2.74. The highest BCUT2D eigenvalue weighted by molar-refractivity contribution is 7.17. The highest BCUT2D eigenvalue weighted by Gasteiger charge is 2.04. The fraction of sp³-hybridized carbons (Fsp3) is 0.286. The summed E-state index contributed by atoms with van der Waals surface area (Å²) in [5, 5.41) is 14.6. The molecule has 0 aliphatic carbocycles. The van der Waals surface area contributed by atoms with Gasteiger partial charge in [0.25, 0.3) is 0 Å². The predicted molar refractivity (Wildman–Crippen MR) is 73.4 cm³/mol. The van der Waals surface area contributed by atoms with Crippen LogP contribution in [-0.4, -0.2) is 12.5 Å². The van der Waals surface area contributed by atoms with Crippen molar-refractivity contribution < 1.29 is 4.79 Å². The van der Waals surface area contributed by atoms with Crippen molar-refractivity contribution in [1.82, 2.24) is 5.32 Å². The molecular weight excluding hydrogens is 244 g/mol. The maximum atomic E-state index is 11.3. The van der Waals surface area contributed by atoms with Crippen LogP contribution >= 0.6 is 11.3 Å². The van der Waals surface area contributed by atoms with E-state index in [4.69, 9.17) is 5.26 Å². The Kier molecular flexibility index (Phi) is 4.32. The number of rotatable bonds is 5. The quantitative estimate of drug-likeness (QED) is 0.896. The molecule has 1 heterocycles. The van der Waals surface area contributed by atoms with E-state index in [9.17, 15) is 4.79 Å². The molecule has 0 bridgehead atoms. The van der Waals surface area contributed by atoms with Crippen molar-refractivity contribution in [2.75, 3.05) is 6.54 Å². The van der Waals surface area contributed by atoms with E-state index in [1.807, 2.05) is 18.2 Å². The van der Waals surface area contributed by atoms with Crippen LogP contribution in [0.3, 0.4) is 0 Å². The van der Waals surface area contributed by atoms with Gasteiger partial charge in [-0.1, -0.05) is 18.2 Å². The lowest BCUT2D eigenvalue weighted by atomic mass is 10.1. The van der Waals surface area contributed by atoms with Crippen molar-refractivity contribution in [3.63, 3.8) is 0 Å². The molecule has 0 unspecified atom stereocenters. The van der Waals surface area contributed by atoms with Crippen molar-refractivity contribution in [2.24, 2.45) is 0 Å². The monoisotopic (exact) mass is 258 g/mol. The molecule has 1 aromatic heterocycles. The summed E-state index contributed by atoms with van der Waals surface area (Å²) in [5.74, 6) is -0.0453. The average molecular weight is 258 g/mol. The van der Waals surface area contributed by atoms with Gasteiger partial charge in [0.15, 0.2) is 0 Å². The Bertz CT molecular complexity index is 583. The molecule has 0 aliphatic heterocycles. The SMILES string of the molecule is N#CCCC(=O)NCCc1csc2ccccc12. The van der Waals surface area contributed by atoms with E-state index >= 15 is 0 Å². The number of hydrogen-bond donors (Lipinski definition) is 1. The predicted octanol–water partition coefficient (Wildman–Crippen LogP) is 2.86. The molecule has 18 heavy (non-hydrogen) atoms. The first-order chi connectivity index (χ1) is 8.81. The summed E-state index contributed by atoms with van der Waals surface area (Å²) >= 11 is 1.73. The van der Waals surface area contributed by atoms with Gasteiger partial charge >= 0.3 is 0 Å². The Hall–Kier alpha value is -1.86. The van der Waals surface area contributed by atoms with Crippen molar-refractivity contribution in [2.45, 2.75) is 19.3 Å². The Morgan fingerprint density at radius 3 is 3.06 bits per heavy atom. The molecule has 0 aliphatic rings. The molecule has 2 rings (SSSR count). The molecule has 0 saturated carbocycles. The maximum Gasteiger partial charge on any atom is 0.221 e. The Balaban J connectivity index is 1.87. The Labute approximate surface area is 110 Å². The summed E-state index contributed by atoms with van der Waals surface area (Å²) in [5.41, 5.74) is 1.27. The summed E-state index contributed by atoms with van der Waals surface area (Å²) in [6.45, 7) is 0.630. The Morgan fingerprint density at radius 2 is 2.22 bits per heavy atom. The number of amides is 1. The third kappa shape index (κ3) is 3.08. The summed E-state index contributed by atoms with van der Waals surface area (Å²) in [6, 6.07) is 10.2. The van der Waals surface area contributed by atoms with Gasteiger partial charge in [0.2, 0.25) is 5.91 Å². The van der Waals surface area contributed by atoms with Crippen LogP contribution in [-0.2, 0) is 11.2 Å². The first-order valence-corrected chi connectivity index (χ1v) is 6.78. The number of hydrogen-bond acceptors (Lipinski definition) is 3. The van der Waals surface area contributed by atoms with Crippen molar-refractivity contribution >= 4 is 27.3 Å². The molecule has 0 radical (unpaired) electrons. The second-order valence-corrected chi connectivity index (χ2v) is 4.93. The van der Waals surface area contributed by atoms with Crippen LogP contribution in [0.5, 0.6) is 0 Å². The second kappa shape index (κ2) is 6.18. The number of benzene rings is 1. The number of fused-ring (bicyclic) bond motifs is 1. The van der Waals surface area contributed by atoms with Gasteiger partial charge in [-0.05, 0) is 28.8 Å². The minimum atomic E-state index is -0.0453. The van der Waals surface area contributed by atoms with E-state index in [1.54, 1.807) is 11.3 Å². The lowest BCUT2D eigenvalue weighted by molar-refractivity contribution is -0.120. The van der Waals surface area contributed by atoms with Crippen molar-refractivity contribution in [3.8, 4) is 6.07 Å².